The highest BCUT2D eigenvalue weighted by atomic mass is 35.5. The van der Waals surface area contributed by atoms with Gasteiger partial charge in [0.05, 0.1) is 19.2 Å². The Balaban J connectivity index is 1.85. The number of carbonyl (C=O) groups is 1. The molecule has 0 fully saturated rings. The van der Waals surface area contributed by atoms with Crippen molar-refractivity contribution in [2.45, 2.75) is 19.5 Å². The molecule has 1 N–H and O–H groups in total. The third-order valence-electron chi connectivity index (χ3n) is 3.10. The normalized spacial score (nSPS) is 10.5. The van der Waals surface area contributed by atoms with Crippen molar-refractivity contribution < 1.29 is 9.53 Å². The lowest BCUT2D eigenvalue weighted by Crippen LogP contribution is -2.13. The van der Waals surface area contributed by atoms with Gasteiger partial charge in [0, 0.05) is 29.3 Å². The van der Waals surface area contributed by atoms with E-state index in [1.807, 2.05) is 24.3 Å². The van der Waals surface area contributed by atoms with Gasteiger partial charge in [0.2, 0.25) is 0 Å². The molecule has 1 aromatic carbocycles. The van der Waals surface area contributed by atoms with Crippen LogP contribution in [0.4, 0.5) is 0 Å². The lowest BCUT2D eigenvalue weighted by molar-refractivity contribution is -0.139. The Morgan fingerprint density at radius 3 is 2.68 bits per heavy atom. The summed E-state index contributed by atoms with van der Waals surface area (Å²) < 4.78 is 4.60. The second-order valence-corrected chi connectivity index (χ2v) is 5.59. The number of halogens is 2. The first-order valence-corrected chi connectivity index (χ1v) is 7.49. The van der Waals surface area contributed by atoms with Crippen LogP contribution in [0.5, 0.6) is 0 Å². The fraction of sp³-hybridized carbons (Fsp3) is 0.250. The molecular formula is C16H16Cl2N2O2. The van der Waals surface area contributed by atoms with E-state index in [1.165, 1.54) is 7.11 Å². The summed E-state index contributed by atoms with van der Waals surface area (Å²) in [7, 11) is 1.36. The number of esters is 1. The van der Waals surface area contributed by atoms with Crippen molar-refractivity contribution in [2.24, 2.45) is 0 Å². The molecule has 116 valence electrons. The Labute approximate surface area is 139 Å². The number of nitrogens with zero attached hydrogens (tertiary/aromatic N) is 1. The molecule has 1 heterocycles. The third-order valence-corrected chi connectivity index (χ3v) is 3.69. The van der Waals surface area contributed by atoms with E-state index < -0.39 is 0 Å². The van der Waals surface area contributed by atoms with Gasteiger partial charge in [0.15, 0.2) is 0 Å². The van der Waals surface area contributed by atoms with Crippen molar-refractivity contribution in [1.82, 2.24) is 10.3 Å². The molecule has 0 saturated carbocycles. The van der Waals surface area contributed by atoms with E-state index in [2.05, 4.69) is 15.0 Å². The van der Waals surface area contributed by atoms with E-state index in [-0.39, 0.29) is 12.4 Å². The molecule has 0 unspecified atom stereocenters. The van der Waals surface area contributed by atoms with Crippen LogP contribution in [0, 0.1) is 0 Å². The van der Waals surface area contributed by atoms with Crippen molar-refractivity contribution in [1.29, 1.82) is 0 Å². The third kappa shape index (κ3) is 4.98. The van der Waals surface area contributed by atoms with Gasteiger partial charge in [-0.15, -0.1) is 0 Å². The molecule has 0 aliphatic heterocycles. The van der Waals surface area contributed by atoms with Gasteiger partial charge in [-0.25, -0.2) is 0 Å². The molecule has 22 heavy (non-hydrogen) atoms. The molecule has 2 aromatic rings. The number of carbonyl (C=O) groups excluding carboxylic acids is 1. The van der Waals surface area contributed by atoms with E-state index >= 15 is 0 Å². The topological polar surface area (TPSA) is 51.2 Å². The van der Waals surface area contributed by atoms with Crippen molar-refractivity contribution in [3.8, 4) is 0 Å². The Hall–Kier alpha value is -1.62. The molecule has 4 nitrogen and oxygen atoms in total. The summed E-state index contributed by atoms with van der Waals surface area (Å²) in [4.78, 5) is 15.4. The van der Waals surface area contributed by atoms with Crippen LogP contribution in [0.1, 0.15) is 16.8 Å². The summed E-state index contributed by atoms with van der Waals surface area (Å²) in [5.74, 6) is -0.296. The Morgan fingerprint density at radius 2 is 2.05 bits per heavy atom. The SMILES string of the molecule is COC(=O)Cc1ccc(CNCc2ccc(Cl)cc2Cl)cn1. The molecule has 0 spiro atoms. The lowest BCUT2D eigenvalue weighted by atomic mass is 10.2. The van der Waals surface area contributed by atoms with Crippen LogP contribution >= 0.6 is 23.2 Å². The minimum atomic E-state index is -0.296. The van der Waals surface area contributed by atoms with Gasteiger partial charge >= 0.3 is 5.97 Å². The van der Waals surface area contributed by atoms with Gasteiger partial charge in [-0.3, -0.25) is 9.78 Å². The van der Waals surface area contributed by atoms with E-state index in [0.717, 1.165) is 11.1 Å². The van der Waals surface area contributed by atoms with Crippen LogP contribution in [0.3, 0.4) is 0 Å². The molecule has 0 aliphatic rings. The molecule has 6 heteroatoms. The van der Waals surface area contributed by atoms with E-state index in [0.29, 0.717) is 28.8 Å². The smallest absolute Gasteiger partial charge is 0.311 e. The highest BCUT2D eigenvalue weighted by Gasteiger charge is 2.04. The van der Waals surface area contributed by atoms with Crippen LogP contribution in [0.25, 0.3) is 0 Å². The number of benzene rings is 1. The van der Waals surface area contributed by atoms with E-state index in [1.54, 1.807) is 12.3 Å². The van der Waals surface area contributed by atoms with Crippen LogP contribution in [0.15, 0.2) is 36.5 Å². The molecule has 0 aliphatic carbocycles. The maximum Gasteiger partial charge on any atom is 0.311 e. The summed E-state index contributed by atoms with van der Waals surface area (Å²) in [5, 5.41) is 4.56. The molecule has 0 radical (unpaired) electrons. The number of hydrogen-bond acceptors (Lipinski definition) is 4. The van der Waals surface area contributed by atoms with Crippen molar-refractivity contribution in [3.05, 3.63) is 63.4 Å². The zero-order chi connectivity index (χ0) is 15.9. The zero-order valence-corrected chi connectivity index (χ0v) is 13.6. The van der Waals surface area contributed by atoms with E-state index in [9.17, 15) is 4.79 Å². The van der Waals surface area contributed by atoms with Crippen molar-refractivity contribution >= 4 is 29.2 Å². The van der Waals surface area contributed by atoms with Crippen LogP contribution in [0.2, 0.25) is 10.0 Å². The molecule has 1 aromatic heterocycles. The first-order chi connectivity index (χ1) is 10.6. The summed E-state index contributed by atoms with van der Waals surface area (Å²) in [5.41, 5.74) is 2.70. The van der Waals surface area contributed by atoms with Crippen molar-refractivity contribution in [3.63, 3.8) is 0 Å². The molecule has 0 amide bonds. The zero-order valence-electron chi connectivity index (χ0n) is 12.1. The number of aromatic nitrogens is 1. The number of methoxy groups -OCH3 is 1. The number of ether oxygens (including phenoxy) is 1. The maximum absolute atomic E-state index is 11.2. The number of rotatable bonds is 6. The van der Waals surface area contributed by atoms with E-state index in [4.69, 9.17) is 23.2 Å². The van der Waals surface area contributed by atoms with Gasteiger partial charge in [-0.1, -0.05) is 35.3 Å². The van der Waals surface area contributed by atoms with Gasteiger partial charge in [0.25, 0.3) is 0 Å². The first-order valence-electron chi connectivity index (χ1n) is 6.73. The quantitative estimate of drug-likeness (QED) is 0.820. The molecule has 0 saturated heterocycles. The van der Waals surface area contributed by atoms with Gasteiger partial charge in [-0.2, -0.15) is 0 Å². The predicted molar refractivity (Wildman–Crippen MR) is 87.0 cm³/mol. The average Bonchev–Trinajstić information content (AvgIpc) is 2.51. The minimum Gasteiger partial charge on any atom is -0.469 e. The summed E-state index contributed by atoms with van der Waals surface area (Å²) >= 11 is 12.0. The fourth-order valence-corrected chi connectivity index (χ4v) is 2.37. The van der Waals surface area contributed by atoms with Crippen LogP contribution < -0.4 is 5.32 Å². The average molecular weight is 339 g/mol. The Kier molecular flexibility index (Phi) is 6.19. The van der Waals surface area contributed by atoms with Crippen molar-refractivity contribution in [2.75, 3.05) is 7.11 Å². The minimum absolute atomic E-state index is 0.185. The summed E-state index contributed by atoms with van der Waals surface area (Å²) in [6.07, 6.45) is 1.93. The maximum atomic E-state index is 11.2. The molecular weight excluding hydrogens is 323 g/mol. The highest BCUT2D eigenvalue weighted by Crippen LogP contribution is 2.20. The monoisotopic (exact) mass is 338 g/mol. The molecule has 2 rings (SSSR count). The molecule has 0 bridgehead atoms. The second-order valence-electron chi connectivity index (χ2n) is 4.75. The largest absolute Gasteiger partial charge is 0.469 e. The summed E-state index contributed by atoms with van der Waals surface area (Å²) in [6.45, 7) is 1.30. The summed E-state index contributed by atoms with van der Waals surface area (Å²) in [6, 6.07) is 9.19. The number of hydrogen-bond donors (Lipinski definition) is 1. The molecule has 0 atom stereocenters. The van der Waals surface area contributed by atoms with Gasteiger partial charge in [-0.05, 0) is 29.3 Å². The standard InChI is InChI=1S/C16H16Cl2N2O2/c1-22-16(21)7-14-5-2-11(9-20-14)8-19-10-12-3-4-13(17)6-15(12)18/h2-6,9,19H,7-8,10H2,1H3. The highest BCUT2D eigenvalue weighted by molar-refractivity contribution is 6.35. The van der Waals surface area contributed by atoms with Gasteiger partial charge in [0.1, 0.15) is 0 Å². The van der Waals surface area contributed by atoms with Crippen LogP contribution in [-0.2, 0) is 29.0 Å². The lowest BCUT2D eigenvalue weighted by Gasteiger charge is -2.07. The first kappa shape index (κ1) is 16.7. The fourth-order valence-electron chi connectivity index (χ4n) is 1.89. The van der Waals surface area contributed by atoms with Gasteiger partial charge < -0.3 is 10.1 Å². The Bertz CT molecular complexity index is 645. The second kappa shape index (κ2) is 8.13. The Morgan fingerprint density at radius 1 is 1.23 bits per heavy atom. The predicted octanol–water partition coefficient (Wildman–Crippen LogP) is 3.39. The van der Waals surface area contributed by atoms with Crippen LogP contribution in [-0.4, -0.2) is 18.1 Å². The number of nitrogens with one attached hydrogen (secondary N) is 1. The number of pyridine rings is 1.